The first kappa shape index (κ1) is 17.8. The van der Waals surface area contributed by atoms with Gasteiger partial charge in [-0.15, -0.1) is 11.3 Å². The average Bonchev–Trinajstić information content (AvgIpc) is 3.41. The highest BCUT2D eigenvalue weighted by molar-refractivity contribution is 7.09. The molecule has 0 aliphatic heterocycles. The predicted octanol–water partition coefficient (Wildman–Crippen LogP) is 4.58. The molecule has 0 amide bonds. The van der Waals surface area contributed by atoms with Gasteiger partial charge in [-0.3, -0.25) is 4.79 Å². The molecule has 29 heavy (non-hydrogen) atoms. The zero-order chi connectivity index (χ0) is 19.8. The van der Waals surface area contributed by atoms with Gasteiger partial charge in [-0.2, -0.15) is 5.10 Å². The summed E-state index contributed by atoms with van der Waals surface area (Å²) in [7, 11) is 0. The number of aromatic nitrogens is 4. The fraction of sp³-hybridized carbons (Fsp3) is 0.174. The molecule has 6 heteroatoms. The molecular weight excluding hydrogens is 380 g/mol. The van der Waals surface area contributed by atoms with Crippen molar-refractivity contribution in [2.24, 2.45) is 0 Å². The van der Waals surface area contributed by atoms with E-state index in [9.17, 15) is 4.79 Å². The second kappa shape index (κ2) is 7.29. The lowest BCUT2D eigenvalue weighted by Gasteiger charge is -2.07. The molecule has 5 nitrogen and oxygen atoms in total. The van der Waals surface area contributed by atoms with Crippen molar-refractivity contribution in [2.45, 2.75) is 26.3 Å². The molecule has 0 unspecified atom stereocenters. The van der Waals surface area contributed by atoms with E-state index < -0.39 is 0 Å². The maximum atomic E-state index is 13.0. The van der Waals surface area contributed by atoms with E-state index in [0.717, 1.165) is 40.8 Å². The standard InChI is InChI=1S/C23H20N4OS/c1-2-19-21(16-7-4-3-5-8-16)22-24-15-18-20(27(22)25-19)11-13-26(23(18)28)12-10-17-9-6-14-29-17/h3-9,11,13-15H,2,10,12H2,1H3. The van der Waals surface area contributed by atoms with Gasteiger partial charge < -0.3 is 4.57 Å². The Morgan fingerprint density at radius 1 is 1.07 bits per heavy atom. The van der Waals surface area contributed by atoms with Crippen LogP contribution in [-0.2, 0) is 19.4 Å². The molecule has 1 aromatic carbocycles. The van der Waals surface area contributed by atoms with Crippen molar-refractivity contribution in [3.63, 3.8) is 0 Å². The van der Waals surface area contributed by atoms with Crippen molar-refractivity contribution in [3.8, 4) is 11.1 Å². The van der Waals surface area contributed by atoms with E-state index in [1.165, 1.54) is 4.88 Å². The second-order valence-corrected chi connectivity index (χ2v) is 8.01. The SMILES string of the molecule is CCc1nn2c(ncc3c(=O)n(CCc4cccs4)ccc32)c1-c1ccccc1. The Labute approximate surface area is 171 Å². The van der Waals surface area contributed by atoms with E-state index in [0.29, 0.717) is 11.9 Å². The summed E-state index contributed by atoms with van der Waals surface area (Å²) in [5.74, 6) is 0. The van der Waals surface area contributed by atoms with E-state index in [4.69, 9.17) is 5.10 Å². The molecule has 5 aromatic rings. The molecule has 0 saturated carbocycles. The Morgan fingerprint density at radius 3 is 2.69 bits per heavy atom. The van der Waals surface area contributed by atoms with Gasteiger partial charge in [-0.05, 0) is 35.9 Å². The number of hydrogen-bond acceptors (Lipinski definition) is 4. The molecule has 4 heterocycles. The maximum Gasteiger partial charge on any atom is 0.261 e. The fourth-order valence-electron chi connectivity index (χ4n) is 3.76. The van der Waals surface area contributed by atoms with E-state index in [1.807, 2.05) is 41.0 Å². The third kappa shape index (κ3) is 3.06. The molecule has 0 spiro atoms. The largest absolute Gasteiger partial charge is 0.314 e. The van der Waals surface area contributed by atoms with E-state index in [2.05, 4.69) is 35.5 Å². The normalized spacial score (nSPS) is 11.5. The minimum absolute atomic E-state index is 0.0248. The third-order valence-corrected chi connectivity index (χ3v) is 6.17. The van der Waals surface area contributed by atoms with Crippen molar-refractivity contribution in [2.75, 3.05) is 0 Å². The first-order valence-electron chi connectivity index (χ1n) is 9.74. The summed E-state index contributed by atoms with van der Waals surface area (Å²) in [4.78, 5) is 19.0. The third-order valence-electron chi connectivity index (χ3n) is 5.23. The smallest absolute Gasteiger partial charge is 0.261 e. The summed E-state index contributed by atoms with van der Waals surface area (Å²) in [6.07, 6.45) is 5.21. The lowest BCUT2D eigenvalue weighted by Crippen LogP contribution is -2.21. The number of pyridine rings is 1. The number of aryl methyl sites for hydroxylation is 3. The number of nitrogens with zero attached hydrogens (tertiary/aromatic N) is 4. The molecule has 0 atom stereocenters. The van der Waals surface area contributed by atoms with Gasteiger partial charge in [0.25, 0.3) is 5.56 Å². The molecule has 0 N–H and O–H groups in total. The average molecular weight is 401 g/mol. The Morgan fingerprint density at radius 2 is 1.93 bits per heavy atom. The zero-order valence-electron chi connectivity index (χ0n) is 16.1. The lowest BCUT2D eigenvalue weighted by atomic mass is 10.0. The van der Waals surface area contributed by atoms with Crippen LogP contribution in [-0.4, -0.2) is 19.2 Å². The highest BCUT2D eigenvalue weighted by atomic mass is 32.1. The molecule has 0 aliphatic rings. The second-order valence-electron chi connectivity index (χ2n) is 6.98. The van der Waals surface area contributed by atoms with Crippen LogP contribution in [0.1, 0.15) is 17.5 Å². The molecule has 0 saturated heterocycles. The number of benzene rings is 1. The van der Waals surface area contributed by atoms with Crippen molar-refractivity contribution in [3.05, 3.63) is 87.2 Å². The molecule has 144 valence electrons. The highest BCUT2D eigenvalue weighted by Crippen LogP contribution is 2.29. The number of thiophene rings is 1. The van der Waals surface area contributed by atoms with Crippen LogP contribution in [0.2, 0.25) is 0 Å². The van der Waals surface area contributed by atoms with Gasteiger partial charge in [0.1, 0.15) is 0 Å². The van der Waals surface area contributed by atoms with Gasteiger partial charge in [-0.1, -0.05) is 43.3 Å². The Balaban J connectivity index is 1.65. The number of hydrogen-bond donors (Lipinski definition) is 0. The van der Waals surface area contributed by atoms with E-state index >= 15 is 0 Å². The van der Waals surface area contributed by atoms with Gasteiger partial charge >= 0.3 is 0 Å². The van der Waals surface area contributed by atoms with Crippen LogP contribution < -0.4 is 5.56 Å². The van der Waals surface area contributed by atoms with Gasteiger partial charge in [0.15, 0.2) is 5.65 Å². The molecule has 0 bridgehead atoms. The van der Waals surface area contributed by atoms with Crippen molar-refractivity contribution in [1.29, 1.82) is 0 Å². The predicted molar refractivity (Wildman–Crippen MR) is 118 cm³/mol. The summed E-state index contributed by atoms with van der Waals surface area (Å²) in [6, 6.07) is 16.3. The van der Waals surface area contributed by atoms with Crippen LogP contribution in [0.15, 0.2) is 71.1 Å². The Hall–Kier alpha value is -3.25. The molecule has 0 aliphatic carbocycles. The molecule has 4 aromatic heterocycles. The Kier molecular flexibility index (Phi) is 4.48. The van der Waals surface area contributed by atoms with Crippen LogP contribution in [0, 0.1) is 0 Å². The summed E-state index contributed by atoms with van der Waals surface area (Å²) < 4.78 is 3.58. The lowest BCUT2D eigenvalue weighted by molar-refractivity contribution is 0.679. The van der Waals surface area contributed by atoms with Crippen LogP contribution >= 0.6 is 11.3 Å². The maximum absolute atomic E-state index is 13.0. The van der Waals surface area contributed by atoms with Crippen molar-refractivity contribution < 1.29 is 0 Å². The summed E-state index contributed by atoms with van der Waals surface area (Å²) in [6.45, 7) is 2.75. The molecule has 0 fully saturated rings. The first-order valence-corrected chi connectivity index (χ1v) is 10.6. The minimum Gasteiger partial charge on any atom is -0.314 e. The van der Waals surface area contributed by atoms with Crippen molar-refractivity contribution >= 4 is 27.9 Å². The quantitative estimate of drug-likeness (QED) is 0.434. The summed E-state index contributed by atoms with van der Waals surface area (Å²) in [5, 5.41) is 7.46. The van der Waals surface area contributed by atoms with Crippen LogP contribution in [0.5, 0.6) is 0 Å². The van der Waals surface area contributed by atoms with Gasteiger partial charge in [-0.25, -0.2) is 9.50 Å². The number of fused-ring (bicyclic) bond motifs is 3. The van der Waals surface area contributed by atoms with Gasteiger partial charge in [0.2, 0.25) is 0 Å². The summed E-state index contributed by atoms with van der Waals surface area (Å²) in [5.41, 5.74) is 4.68. The Bertz CT molecular complexity index is 1350. The monoisotopic (exact) mass is 400 g/mol. The van der Waals surface area contributed by atoms with Crippen LogP contribution in [0.4, 0.5) is 0 Å². The molecule has 5 rings (SSSR count). The fourth-order valence-corrected chi connectivity index (χ4v) is 4.46. The topological polar surface area (TPSA) is 52.2 Å². The van der Waals surface area contributed by atoms with Crippen LogP contribution in [0.25, 0.3) is 27.7 Å². The molecule has 0 radical (unpaired) electrons. The molecular formula is C23H20N4OS. The number of rotatable bonds is 5. The van der Waals surface area contributed by atoms with E-state index in [1.54, 1.807) is 22.1 Å². The zero-order valence-corrected chi connectivity index (χ0v) is 16.9. The highest BCUT2D eigenvalue weighted by Gasteiger charge is 2.17. The van der Waals surface area contributed by atoms with Gasteiger partial charge in [0, 0.05) is 29.4 Å². The van der Waals surface area contributed by atoms with Crippen molar-refractivity contribution in [1.82, 2.24) is 19.2 Å². The van der Waals surface area contributed by atoms with Gasteiger partial charge in [0.05, 0.1) is 16.6 Å². The first-order chi connectivity index (χ1) is 14.3. The van der Waals surface area contributed by atoms with Crippen LogP contribution in [0.3, 0.4) is 0 Å². The van der Waals surface area contributed by atoms with E-state index in [-0.39, 0.29) is 5.56 Å². The summed E-state index contributed by atoms with van der Waals surface area (Å²) >= 11 is 1.72. The minimum atomic E-state index is -0.0248.